The van der Waals surface area contributed by atoms with Crippen molar-refractivity contribution in [3.8, 4) is 0 Å². The van der Waals surface area contributed by atoms with Crippen molar-refractivity contribution in [2.45, 2.75) is 13.1 Å². The Hall–Kier alpha value is -1.48. The van der Waals surface area contributed by atoms with Gasteiger partial charge in [-0.1, -0.05) is 12.1 Å². The van der Waals surface area contributed by atoms with Gasteiger partial charge in [-0.2, -0.15) is 26.3 Å². The van der Waals surface area contributed by atoms with Gasteiger partial charge in [0.05, 0.1) is 11.4 Å². The monoisotopic (exact) mass is 283 g/mol. The summed E-state index contributed by atoms with van der Waals surface area (Å²) in [4.78, 5) is 0. The maximum atomic E-state index is 11.9. The Labute approximate surface area is 102 Å². The van der Waals surface area contributed by atoms with E-state index in [9.17, 15) is 21.6 Å². The second-order valence-electron chi connectivity index (χ2n) is 3.58. The van der Waals surface area contributed by atoms with Crippen molar-refractivity contribution in [3.63, 3.8) is 0 Å². The molecule has 0 unspecified atom stereocenters. The second-order valence-corrected chi connectivity index (χ2v) is 5.08. The molecule has 0 saturated heterocycles. The van der Waals surface area contributed by atoms with Gasteiger partial charge in [0.15, 0.2) is 0 Å². The summed E-state index contributed by atoms with van der Waals surface area (Å²) in [5.41, 5.74) is 6.23. The van der Waals surface area contributed by atoms with Crippen LogP contribution in [0.5, 0.6) is 0 Å². The summed E-state index contributed by atoms with van der Waals surface area (Å²) in [5, 5.41) is 0. The second kappa shape index (κ2) is 5.02. The maximum Gasteiger partial charge on any atom is 0.402 e. The highest BCUT2D eigenvalue weighted by molar-refractivity contribution is 7.90. The van der Waals surface area contributed by atoms with Crippen LogP contribution in [-0.2, 0) is 10.2 Å². The summed E-state index contributed by atoms with van der Waals surface area (Å²) >= 11 is 0. The number of hydrogen-bond acceptors (Lipinski definition) is 3. The van der Waals surface area contributed by atoms with E-state index in [4.69, 9.17) is 5.73 Å². The minimum absolute atomic E-state index is 0.0622. The number of rotatable bonds is 4. The summed E-state index contributed by atoms with van der Waals surface area (Å²) in [5.74, 6) is 0. The predicted molar refractivity (Wildman–Crippen MR) is 62.2 cm³/mol. The van der Waals surface area contributed by atoms with Gasteiger partial charge in [-0.3, -0.25) is 4.72 Å². The molecule has 0 fully saturated rings. The van der Waals surface area contributed by atoms with Gasteiger partial charge in [0.25, 0.3) is 10.2 Å². The molecule has 5 nitrogen and oxygen atoms in total. The van der Waals surface area contributed by atoms with E-state index in [-0.39, 0.29) is 11.4 Å². The smallest absolute Gasteiger partial charge is 0.397 e. The van der Waals surface area contributed by atoms with Gasteiger partial charge in [-0.15, -0.1) is 0 Å². The van der Waals surface area contributed by atoms with Crippen molar-refractivity contribution < 1.29 is 21.6 Å². The third-order valence-corrected chi connectivity index (χ3v) is 3.00. The number of para-hydroxylation sites is 1. The lowest BCUT2D eigenvalue weighted by molar-refractivity contribution is -0.121. The van der Waals surface area contributed by atoms with Crippen LogP contribution in [0.2, 0.25) is 0 Å². The summed E-state index contributed by atoms with van der Waals surface area (Å²) in [6, 6.07) is 4.62. The van der Waals surface area contributed by atoms with Crippen LogP contribution in [0.4, 0.5) is 24.5 Å². The summed E-state index contributed by atoms with van der Waals surface area (Å²) < 4.78 is 61.8. The van der Waals surface area contributed by atoms with Gasteiger partial charge in [0.1, 0.15) is 6.54 Å². The Morgan fingerprint density at radius 3 is 2.44 bits per heavy atom. The largest absolute Gasteiger partial charge is 0.402 e. The fourth-order valence-electron chi connectivity index (χ4n) is 1.18. The standard InChI is InChI=1S/C9H12F3N3O2S/c1-6-3-2-4-7(13)8(6)15-18(16,17)14-5-9(10,11)12/h2-4,14-15H,5,13H2,1H3. The first-order valence-corrected chi connectivity index (χ1v) is 6.28. The number of hydrogen-bond donors (Lipinski definition) is 3. The third-order valence-electron chi connectivity index (χ3n) is 2.00. The van der Waals surface area contributed by atoms with E-state index in [0.717, 1.165) is 0 Å². The van der Waals surface area contributed by atoms with Gasteiger partial charge in [0.2, 0.25) is 0 Å². The molecular formula is C9H12F3N3O2S. The molecule has 1 rings (SSSR count). The fourth-order valence-corrected chi connectivity index (χ4v) is 2.15. The van der Waals surface area contributed by atoms with Gasteiger partial charge in [0, 0.05) is 0 Å². The van der Waals surface area contributed by atoms with Gasteiger partial charge in [-0.25, -0.2) is 0 Å². The van der Waals surface area contributed by atoms with Gasteiger partial charge in [-0.05, 0) is 18.6 Å². The minimum atomic E-state index is -4.62. The Morgan fingerprint density at radius 1 is 1.33 bits per heavy atom. The van der Waals surface area contributed by atoms with Gasteiger partial charge >= 0.3 is 6.18 Å². The molecule has 0 amide bonds. The zero-order chi connectivity index (χ0) is 14.0. The van der Waals surface area contributed by atoms with E-state index in [2.05, 4.69) is 0 Å². The summed E-state index contributed by atoms with van der Waals surface area (Å²) in [6.07, 6.45) is -4.62. The Bertz CT molecular complexity index is 508. The highest BCUT2D eigenvalue weighted by Gasteiger charge is 2.29. The molecule has 0 aliphatic rings. The molecule has 4 N–H and O–H groups in total. The predicted octanol–water partition coefficient (Wildman–Crippen LogP) is 1.39. The molecule has 0 radical (unpaired) electrons. The number of alkyl halides is 3. The van der Waals surface area contributed by atoms with E-state index in [1.54, 1.807) is 19.1 Å². The van der Waals surface area contributed by atoms with Gasteiger partial charge < -0.3 is 5.73 Å². The molecule has 102 valence electrons. The van der Waals surface area contributed by atoms with E-state index in [0.29, 0.717) is 5.56 Å². The molecule has 0 atom stereocenters. The van der Waals surface area contributed by atoms with Crippen molar-refractivity contribution in [2.75, 3.05) is 17.0 Å². The normalized spacial score (nSPS) is 12.4. The molecule has 0 saturated carbocycles. The average molecular weight is 283 g/mol. The number of nitrogens with two attached hydrogens (primary N) is 1. The molecule has 0 aromatic heterocycles. The SMILES string of the molecule is Cc1cccc(N)c1NS(=O)(=O)NCC(F)(F)F. The van der Waals surface area contributed by atoms with E-state index in [1.807, 2.05) is 4.72 Å². The van der Waals surface area contributed by atoms with E-state index < -0.39 is 22.9 Å². The molecule has 9 heteroatoms. The van der Waals surface area contributed by atoms with Crippen LogP contribution < -0.4 is 15.2 Å². The van der Waals surface area contributed by atoms with Crippen LogP contribution in [0, 0.1) is 6.92 Å². The van der Waals surface area contributed by atoms with Crippen LogP contribution in [0.1, 0.15) is 5.56 Å². The lowest BCUT2D eigenvalue weighted by atomic mass is 10.2. The Kier molecular flexibility index (Phi) is 4.07. The van der Waals surface area contributed by atoms with Crippen LogP contribution in [0.15, 0.2) is 18.2 Å². The summed E-state index contributed by atoms with van der Waals surface area (Å²) in [7, 11) is -4.31. The minimum Gasteiger partial charge on any atom is -0.397 e. The number of halogens is 3. The molecule has 1 aromatic carbocycles. The fraction of sp³-hybridized carbons (Fsp3) is 0.333. The van der Waals surface area contributed by atoms with Crippen molar-refractivity contribution in [3.05, 3.63) is 23.8 Å². The zero-order valence-electron chi connectivity index (χ0n) is 9.38. The number of anilines is 2. The van der Waals surface area contributed by atoms with Crippen molar-refractivity contribution in [1.29, 1.82) is 0 Å². The molecule has 0 spiro atoms. The molecular weight excluding hydrogens is 271 g/mol. The highest BCUT2D eigenvalue weighted by atomic mass is 32.2. The first-order valence-electron chi connectivity index (χ1n) is 4.80. The first-order chi connectivity index (χ1) is 8.11. The van der Waals surface area contributed by atoms with Crippen LogP contribution >= 0.6 is 0 Å². The lowest BCUT2D eigenvalue weighted by Gasteiger charge is -2.14. The lowest BCUT2D eigenvalue weighted by Crippen LogP contribution is -2.37. The molecule has 0 bridgehead atoms. The molecule has 1 aromatic rings. The highest BCUT2D eigenvalue weighted by Crippen LogP contribution is 2.23. The van der Waals surface area contributed by atoms with Crippen molar-refractivity contribution in [2.24, 2.45) is 0 Å². The zero-order valence-corrected chi connectivity index (χ0v) is 10.2. The van der Waals surface area contributed by atoms with Crippen LogP contribution in [0.25, 0.3) is 0 Å². The van der Waals surface area contributed by atoms with E-state index in [1.165, 1.54) is 10.8 Å². The Balaban J connectivity index is 2.84. The van der Waals surface area contributed by atoms with Crippen molar-refractivity contribution >= 4 is 21.6 Å². The number of aryl methyl sites for hydroxylation is 1. The average Bonchev–Trinajstić information content (AvgIpc) is 2.20. The van der Waals surface area contributed by atoms with E-state index >= 15 is 0 Å². The number of nitrogens with one attached hydrogen (secondary N) is 2. The van der Waals surface area contributed by atoms with Crippen LogP contribution in [-0.4, -0.2) is 21.1 Å². The van der Waals surface area contributed by atoms with Crippen LogP contribution in [0.3, 0.4) is 0 Å². The maximum absolute atomic E-state index is 11.9. The topological polar surface area (TPSA) is 84.2 Å². The van der Waals surface area contributed by atoms with Crippen molar-refractivity contribution in [1.82, 2.24) is 4.72 Å². The Morgan fingerprint density at radius 2 is 1.94 bits per heavy atom. The third kappa shape index (κ3) is 4.41. The molecule has 0 aliphatic heterocycles. The summed E-state index contributed by atoms with van der Waals surface area (Å²) in [6.45, 7) is -0.0634. The molecule has 0 heterocycles. The number of nitrogen functional groups attached to an aromatic ring is 1. The molecule has 18 heavy (non-hydrogen) atoms. The quantitative estimate of drug-likeness (QED) is 0.730. The molecule has 0 aliphatic carbocycles. The number of benzene rings is 1. The first kappa shape index (κ1) is 14.6.